The van der Waals surface area contributed by atoms with Gasteiger partial charge in [-0.3, -0.25) is 9.59 Å². The predicted octanol–water partition coefficient (Wildman–Crippen LogP) is 2.90. The second kappa shape index (κ2) is 10.3. The molecule has 2 aliphatic rings. The van der Waals surface area contributed by atoms with Crippen LogP contribution in [-0.2, 0) is 4.79 Å². The number of carbonyl (C=O) groups excluding carboxylic acids is 2. The molecule has 7 nitrogen and oxygen atoms in total. The Hall–Kier alpha value is -3.32. The van der Waals surface area contributed by atoms with E-state index in [2.05, 4.69) is 10.6 Å². The lowest BCUT2D eigenvalue weighted by molar-refractivity contribution is -0.117. The summed E-state index contributed by atoms with van der Waals surface area (Å²) in [4.78, 5) is 25.3. The highest BCUT2D eigenvalue weighted by Gasteiger charge is 2.23. The van der Waals surface area contributed by atoms with E-state index in [-0.39, 0.29) is 18.8 Å². The lowest BCUT2D eigenvalue weighted by atomic mass is 10.1. The largest absolute Gasteiger partial charge is 0.493 e. The van der Waals surface area contributed by atoms with Gasteiger partial charge in [0.05, 0.1) is 19.3 Å². The molecule has 0 radical (unpaired) electrons. The van der Waals surface area contributed by atoms with E-state index >= 15 is 0 Å². The SMILES string of the molecule is O=C(NCCO)/C(=C\c1ccc(OC2CC2)cc1)NC(=O)c1ccc(OCC2CC2)cc1. The molecule has 7 heteroatoms. The Morgan fingerprint density at radius 2 is 1.66 bits per heavy atom. The highest BCUT2D eigenvalue weighted by Crippen LogP contribution is 2.29. The van der Waals surface area contributed by atoms with E-state index in [0.29, 0.717) is 24.2 Å². The van der Waals surface area contributed by atoms with E-state index in [1.165, 1.54) is 12.8 Å². The summed E-state index contributed by atoms with van der Waals surface area (Å²) in [6.45, 7) is 0.601. The Kier molecular flexibility index (Phi) is 7.07. The molecule has 2 aliphatic carbocycles. The summed E-state index contributed by atoms with van der Waals surface area (Å²) in [5.41, 5.74) is 1.25. The van der Waals surface area contributed by atoms with Crippen LogP contribution in [0.1, 0.15) is 41.6 Å². The molecule has 168 valence electrons. The molecule has 0 unspecified atom stereocenters. The Labute approximate surface area is 187 Å². The third-order valence-corrected chi connectivity index (χ3v) is 5.21. The average molecular weight is 437 g/mol. The van der Waals surface area contributed by atoms with Gasteiger partial charge in [-0.1, -0.05) is 12.1 Å². The van der Waals surface area contributed by atoms with Gasteiger partial charge in [0.1, 0.15) is 17.2 Å². The molecule has 0 bridgehead atoms. The normalized spacial score (nSPS) is 15.7. The fourth-order valence-corrected chi connectivity index (χ4v) is 3.01. The minimum Gasteiger partial charge on any atom is -0.493 e. The molecule has 2 aromatic carbocycles. The van der Waals surface area contributed by atoms with Crippen LogP contribution in [-0.4, -0.2) is 42.8 Å². The van der Waals surface area contributed by atoms with Crippen LogP contribution < -0.4 is 20.1 Å². The molecule has 32 heavy (non-hydrogen) atoms. The van der Waals surface area contributed by atoms with Crippen molar-refractivity contribution < 1.29 is 24.2 Å². The number of amides is 2. The fourth-order valence-electron chi connectivity index (χ4n) is 3.01. The number of nitrogens with one attached hydrogen (secondary N) is 2. The summed E-state index contributed by atoms with van der Waals surface area (Å²) in [6.07, 6.45) is 6.49. The first-order valence-corrected chi connectivity index (χ1v) is 11.0. The Morgan fingerprint density at radius 1 is 0.969 bits per heavy atom. The first kappa shape index (κ1) is 21.9. The molecule has 0 atom stereocenters. The van der Waals surface area contributed by atoms with E-state index in [1.807, 2.05) is 24.3 Å². The van der Waals surface area contributed by atoms with Crippen LogP contribution in [0.25, 0.3) is 6.08 Å². The maximum Gasteiger partial charge on any atom is 0.267 e. The molecule has 0 heterocycles. The van der Waals surface area contributed by atoms with Crippen molar-refractivity contribution in [2.24, 2.45) is 5.92 Å². The van der Waals surface area contributed by atoms with Crippen molar-refractivity contribution in [2.75, 3.05) is 19.8 Å². The van der Waals surface area contributed by atoms with Gasteiger partial charge in [-0.05, 0) is 79.6 Å². The van der Waals surface area contributed by atoms with Gasteiger partial charge in [0.2, 0.25) is 0 Å². The van der Waals surface area contributed by atoms with Crippen LogP contribution in [0.3, 0.4) is 0 Å². The van der Waals surface area contributed by atoms with Gasteiger partial charge in [0.15, 0.2) is 0 Å². The number of benzene rings is 2. The Bertz CT molecular complexity index is 961. The predicted molar refractivity (Wildman–Crippen MR) is 120 cm³/mol. The smallest absolute Gasteiger partial charge is 0.267 e. The number of aliphatic hydroxyl groups is 1. The third-order valence-electron chi connectivity index (χ3n) is 5.21. The maximum atomic E-state index is 12.8. The number of hydrogen-bond donors (Lipinski definition) is 3. The number of aliphatic hydroxyl groups excluding tert-OH is 1. The van der Waals surface area contributed by atoms with Crippen molar-refractivity contribution >= 4 is 17.9 Å². The van der Waals surface area contributed by atoms with E-state index in [0.717, 1.165) is 29.9 Å². The molecule has 4 rings (SSSR count). The first-order valence-electron chi connectivity index (χ1n) is 11.0. The number of ether oxygens (including phenoxy) is 2. The summed E-state index contributed by atoms with van der Waals surface area (Å²) < 4.78 is 11.4. The van der Waals surface area contributed by atoms with Gasteiger partial charge in [0, 0.05) is 12.1 Å². The highest BCUT2D eigenvalue weighted by atomic mass is 16.5. The summed E-state index contributed by atoms with van der Waals surface area (Å²) >= 11 is 0. The van der Waals surface area contributed by atoms with Crippen molar-refractivity contribution in [2.45, 2.75) is 31.8 Å². The molecule has 2 saturated carbocycles. The monoisotopic (exact) mass is 436 g/mol. The standard InChI is InChI=1S/C25H28N2O5/c28-14-13-26-25(30)23(15-17-3-7-21(8-4-17)32-22-11-12-22)27-24(29)19-5-9-20(10-6-19)31-16-18-1-2-18/h3-10,15,18,22,28H,1-2,11-14,16H2,(H,26,30)(H,27,29)/b23-15+. The first-order chi connectivity index (χ1) is 15.6. The molecule has 2 fully saturated rings. The van der Waals surface area contributed by atoms with Crippen LogP contribution in [0.5, 0.6) is 11.5 Å². The molecule has 0 spiro atoms. The summed E-state index contributed by atoms with van der Waals surface area (Å²) in [6, 6.07) is 14.2. The van der Waals surface area contributed by atoms with Crippen LogP contribution in [0, 0.1) is 5.92 Å². The van der Waals surface area contributed by atoms with Gasteiger partial charge in [-0.25, -0.2) is 0 Å². The second-order valence-electron chi connectivity index (χ2n) is 8.16. The van der Waals surface area contributed by atoms with E-state index < -0.39 is 11.8 Å². The van der Waals surface area contributed by atoms with E-state index in [9.17, 15) is 9.59 Å². The second-order valence-corrected chi connectivity index (χ2v) is 8.16. The maximum absolute atomic E-state index is 12.8. The molecule has 2 aromatic rings. The van der Waals surface area contributed by atoms with Gasteiger partial charge in [-0.2, -0.15) is 0 Å². The van der Waals surface area contributed by atoms with Gasteiger partial charge in [0.25, 0.3) is 11.8 Å². The average Bonchev–Trinajstić information content (AvgIpc) is 3.73. The molecule has 0 saturated heterocycles. The number of rotatable bonds is 11. The summed E-state index contributed by atoms with van der Waals surface area (Å²) in [5.74, 6) is 1.27. The molecule has 0 aromatic heterocycles. The zero-order valence-corrected chi connectivity index (χ0v) is 17.9. The van der Waals surface area contributed by atoms with Crippen molar-refractivity contribution in [1.29, 1.82) is 0 Å². The number of hydrogen-bond acceptors (Lipinski definition) is 5. The summed E-state index contributed by atoms with van der Waals surface area (Å²) in [7, 11) is 0. The van der Waals surface area contributed by atoms with Crippen molar-refractivity contribution in [3.8, 4) is 11.5 Å². The summed E-state index contributed by atoms with van der Waals surface area (Å²) in [5, 5.41) is 14.3. The van der Waals surface area contributed by atoms with Crippen molar-refractivity contribution in [3.63, 3.8) is 0 Å². The minimum atomic E-state index is -0.477. The van der Waals surface area contributed by atoms with Crippen molar-refractivity contribution in [3.05, 3.63) is 65.4 Å². The molecule has 3 N–H and O–H groups in total. The molecular weight excluding hydrogens is 408 g/mol. The van der Waals surface area contributed by atoms with Crippen LogP contribution in [0.4, 0.5) is 0 Å². The lowest BCUT2D eigenvalue weighted by Crippen LogP contribution is -2.36. The molecule has 0 aliphatic heterocycles. The zero-order valence-electron chi connectivity index (χ0n) is 17.9. The zero-order chi connectivity index (χ0) is 22.3. The van der Waals surface area contributed by atoms with Crippen molar-refractivity contribution in [1.82, 2.24) is 10.6 Å². The highest BCUT2D eigenvalue weighted by molar-refractivity contribution is 6.05. The van der Waals surface area contributed by atoms with Gasteiger partial charge < -0.3 is 25.2 Å². The van der Waals surface area contributed by atoms with Crippen LogP contribution >= 0.6 is 0 Å². The quantitative estimate of drug-likeness (QED) is 0.471. The Morgan fingerprint density at radius 3 is 2.28 bits per heavy atom. The Balaban J connectivity index is 1.43. The third kappa shape index (κ3) is 6.59. The lowest BCUT2D eigenvalue weighted by Gasteiger charge is -2.12. The molecular formula is C25H28N2O5. The fraction of sp³-hybridized carbons (Fsp3) is 0.360. The van der Waals surface area contributed by atoms with Crippen LogP contribution in [0.15, 0.2) is 54.2 Å². The van der Waals surface area contributed by atoms with E-state index in [4.69, 9.17) is 14.6 Å². The molecule has 2 amide bonds. The number of carbonyl (C=O) groups is 2. The van der Waals surface area contributed by atoms with E-state index in [1.54, 1.807) is 30.3 Å². The van der Waals surface area contributed by atoms with Gasteiger partial charge in [-0.15, -0.1) is 0 Å². The minimum absolute atomic E-state index is 0.0905. The van der Waals surface area contributed by atoms with Gasteiger partial charge >= 0.3 is 0 Å². The van der Waals surface area contributed by atoms with Crippen LogP contribution in [0.2, 0.25) is 0 Å². The topological polar surface area (TPSA) is 96.9 Å².